The predicted molar refractivity (Wildman–Crippen MR) is 114 cm³/mol. The van der Waals surface area contributed by atoms with Crippen LogP contribution in [0.1, 0.15) is 13.3 Å². The molecule has 0 aliphatic carbocycles. The van der Waals surface area contributed by atoms with E-state index in [4.69, 9.17) is 14.5 Å². The molecule has 2 aromatic heterocycles. The van der Waals surface area contributed by atoms with E-state index in [1.807, 2.05) is 30.5 Å². The summed E-state index contributed by atoms with van der Waals surface area (Å²) in [4.78, 5) is 11.6. The summed E-state index contributed by atoms with van der Waals surface area (Å²) in [5.74, 6) is 1.51. The summed E-state index contributed by atoms with van der Waals surface area (Å²) in [6.07, 6.45) is 6.30. The first kappa shape index (κ1) is 18.7. The fourth-order valence-electron chi connectivity index (χ4n) is 3.28. The Hall–Kier alpha value is -3.61. The highest BCUT2D eigenvalue weighted by molar-refractivity contribution is 5.82. The number of methoxy groups -OCH3 is 2. The van der Waals surface area contributed by atoms with Crippen molar-refractivity contribution in [3.63, 3.8) is 0 Å². The average Bonchev–Trinajstić information content (AvgIpc) is 3.31. The van der Waals surface area contributed by atoms with Crippen molar-refractivity contribution < 1.29 is 9.47 Å². The number of hydrogen-bond donors (Lipinski definition) is 1. The SMILES string of the molecule is CCCN(c1cc(OC)cc(OC)c1)c1ccc2ncc(-c3cn[nH]c3)nc2c1. The Bertz CT molecular complexity index is 1090. The molecule has 0 spiro atoms. The Morgan fingerprint density at radius 1 is 0.931 bits per heavy atom. The summed E-state index contributed by atoms with van der Waals surface area (Å²) in [7, 11) is 3.32. The lowest BCUT2D eigenvalue weighted by Gasteiger charge is -2.25. The van der Waals surface area contributed by atoms with Gasteiger partial charge in [-0.15, -0.1) is 0 Å². The van der Waals surface area contributed by atoms with Crippen molar-refractivity contribution in [3.05, 3.63) is 55.0 Å². The summed E-state index contributed by atoms with van der Waals surface area (Å²) in [5, 5.41) is 6.81. The van der Waals surface area contributed by atoms with E-state index in [1.165, 1.54) is 0 Å². The van der Waals surface area contributed by atoms with Gasteiger partial charge in [0.15, 0.2) is 0 Å². The highest BCUT2D eigenvalue weighted by Gasteiger charge is 2.13. The summed E-state index contributed by atoms with van der Waals surface area (Å²) in [5.41, 5.74) is 5.41. The van der Waals surface area contributed by atoms with Crippen LogP contribution >= 0.6 is 0 Å². The Morgan fingerprint density at radius 3 is 2.38 bits per heavy atom. The van der Waals surface area contributed by atoms with Gasteiger partial charge in [0, 0.05) is 47.9 Å². The van der Waals surface area contributed by atoms with E-state index in [1.54, 1.807) is 26.6 Å². The molecule has 0 saturated carbocycles. The Morgan fingerprint density at radius 2 is 1.72 bits per heavy atom. The van der Waals surface area contributed by atoms with Crippen LogP contribution in [0.25, 0.3) is 22.3 Å². The van der Waals surface area contributed by atoms with Gasteiger partial charge in [-0.2, -0.15) is 5.10 Å². The number of nitrogens with one attached hydrogen (secondary N) is 1. The Balaban J connectivity index is 1.79. The highest BCUT2D eigenvalue weighted by atomic mass is 16.5. The van der Waals surface area contributed by atoms with Crippen molar-refractivity contribution >= 4 is 22.4 Å². The molecule has 0 aliphatic heterocycles. The summed E-state index contributed by atoms with van der Waals surface area (Å²) in [6.45, 7) is 3.00. The standard InChI is InChI=1S/C22H23N5O2/c1-4-7-27(17-8-18(28-2)11-19(9-17)29-3)16-5-6-20-21(10-16)26-22(14-23-20)15-12-24-25-13-15/h5-6,8-14H,4,7H2,1-3H3,(H,24,25). The molecular weight excluding hydrogens is 366 g/mol. The number of ether oxygens (including phenoxy) is 2. The van der Waals surface area contributed by atoms with Crippen molar-refractivity contribution in [2.45, 2.75) is 13.3 Å². The first-order valence-electron chi connectivity index (χ1n) is 9.48. The molecule has 0 atom stereocenters. The lowest BCUT2D eigenvalue weighted by molar-refractivity contribution is 0.394. The second-order valence-electron chi connectivity index (χ2n) is 6.64. The van der Waals surface area contributed by atoms with E-state index < -0.39 is 0 Å². The molecule has 29 heavy (non-hydrogen) atoms. The van der Waals surface area contributed by atoms with Crippen LogP contribution in [0.15, 0.2) is 55.0 Å². The Kier molecular flexibility index (Phi) is 5.29. The predicted octanol–water partition coefficient (Wildman–Crippen LogP) is 4.59. The van der Waals surface area contributed by atoms with E-state index in [9.17, 15) is 0 Å². The van der Waals surface area contributed by atoms with Crippen molar-refractivity contribution in [3.8, 4) is 22.8 Å². The van der Waals surface area contributed by atoms with Crippen LogP contribution in [0.5, 0.6) is 11.5 Å². The minimum atomic E-state index is 0.753. The smallest absolute Gasteiger partial charge is 0.124 e. The van der Waals surface area contributed by atoms with Gasteiger partial charge in [0.05, 0.1) is 43.3 Å². The van der Waals surface area contributed by atoms with Gasteiger partial charge in [0.2, 0.25) is 0 Å². The lowest BCUT2D eigenvalue weighted by atomic mass is 10.2. The molecular formula is C22H23N5O2. The largest absolute Gasteiger partial charge is 0.497 e. The summed E-state index contributed by atoms with van der Waals surface area (Å²) >= 11 is 0. The fourth-order valence-corrected chi connectivity index (χ4v) is 3.28. The molecule has 7 nitrogen and oxygen atoms in total. The van der Waals surface area contributed by atoms with Gasteiger partial charge in [-0.25, -0.2) is 4.98 Å². The topological polar surface area (TPSA) is 76.2 Å². The minimum Gasteiger partial charge on any atom is -0.497 e. The number of nitrogens with zero attached hydrogens (tertiary/aromatic N) is 4. The molecule has 2 heterocycles. The van der Waals surface area contributed by atoms with Gasteiger partial charge in [-0.3, -0.25) is 10.1 Å². The number of aromatic amines is 1. The van der Waals surface area contributed by atoms with Crippen molar-refractivity contribution in [1.29, 1.82) is 0 Å². The van der Waals surface area contributed by atoms with E-state index in [-0.39, 0.29) is 0 Å². The third kappa shape index (κ3) is 3.85. The van der Waals surface area contributed by atoms with E-state index in [0.717, 1.165) is 58.1 Å². The van der Waals surface area contributed by atoms with Crippen LogP contribution in [-0.2, 0) is 0 Å². The molecule has 0 radical (unpaired) electrons. The first-order valence-corrected chi connectivity index (χ1v) is 9.48. The van der Waals surface area contributed by atoms with Crippen LogP contribution in [0, 0.1) is 0 Å². The second kappa shape index (κ2) is 8.18. The molecule has 0 amide bonds. The quantitative estimate of drug-likeness (QED) is 0.498. The lowest BCUT2D eigenvalue weighted by Crippen LogP contribution is -2.18. The fraction of sp³-hybridized carbons (Fsp3) is 0.227. The van der Waals surface area contributed by atoms with Gasteiger partial charge in [-0.1, -0.05) is 6.92 Å². The zero-order valence-electron chi connectivity index (χ0n) is 16.7. The Labute approximate surface area is 169 Å². The summed E-state index contributed by atoms with van der Waals surface area (Å²) < 4.78 is 10.9. The maximum Gasteiger partial charge on any atom is 0.124 e. The number of hydrogen-bond acceptors (Lipinski definition) is 6. The van der Waals surface area contributed by atoms with Gasteiger partial charge in [-0.05, 0) is 24.6 Å². The normalized spacial score (nSPS) is 10.9. The maximum absolute atomic E-state index is 5.45. The molecule has 0 bridgehead atoms. The van der Waals surface area contributed by atoms with Gasteiger partial charge in [0.1, 0.15) is 11.5 Å². The molecule has 148 valence electrons. The number of fused-ring (bicyclic) bond motifs is 1. The average molecular weight is 389 g/mol. The van der Waals surface area contributed by atoms with Crippen LogP contribution < -0.4 is 14.4 Å². The molecule has 0 unspecified atom stereocenters. The third-order valence-corrected chi connectivity index (χ3v) is 4.73. The molecule has 0 saturated heterocycles. The van der Waals surface area contributed by atoms with E-state index >= 15 is 0 Å². The van der Waals surface area contributed by atoms with Crippen molar-refractivity contribution in [2.75, 3.05) is 25.7 Å². The van der Waals surface area contributed by atoms with E-state index in [0.29, 0.717) is 0 Å². The van der Waals surface area contributed by atoms with Crippen LogP contribution in [0.4, 0.5) is 11.4 Å². The molecule has 0 aliphatic rings. The minimum absolute atomic E-state index is 0.753. The molecule has 4 aromatic rings. The van der Waals surface area contributed by atoms with Gasteiger partial charge >= 0.3 is 0 Å². The zero-order chi connectivity index (χ0) is 20.2. The highest BCUT2D eigenvalue weighted by Crippen LogP contribution is 2.34. The summed E-state index contributed by atoms with van der Waals surface area (Å²) in [6, 6.07) is 12.0. The molecule has 4 rings (SSSR count). The van der Waals surface area contributed by atoms with Crippen LogP contribution in [-0.4, -0.2) is 40.9 Å². The van der Waals surface area contributed by atoms with Crippen molar-refractivity contribution in [1.82, 2.24) is 20.2 Å². The number of rotatable bonds is 7. The van der Waals surface area contributed by atoms with Crippen LogP contribution in [0.2, 0.25) is 0 Å². The number of aromatic nitrogens is 4. The first-order chi connectivity index (χ1) is 14.2. The molecule has 0 fully saturated rings. The number of H-pyrrole nitrogens is 1. The zero-order valence-corrected chi connectivity index (χ0v) is 16.7. The monoisotopic (exact) mass is 389 g/mol. The van der Waals surface area contributed by atoms with E-state index in [2.05, 4.69) is 39.1 Å². The third-order valence-electron chi connectivity index (χ3n) is 4.73. The maximum atomic E-state index is 5.45. The van der Waals surface area contributed by atoms with Gasteiger partial charge < -0.3 is 14.4 Å². The second-order valence-corrected chi connectivity index (χ2v) is 6.64. The molecule has 2 aromatic carbocycles. The van der Waals surface area contributed by atoms with Crippen molar-refractivity contribution in [2.24, 2.45) is 0 Å². The number of anilines is 2. The van der Waals surface area contributed by atoms with Gasteiger partial charge in [0.25, 0.3) is 0 Å². The molecule has 7 heteroatoms. The number of benzene rings is 2. The molecule has 1 N–H and O–H groups in total. The van der Waals surface area contributed by atoms with Crippen LogP contribution in [0.3, 0.4) is 0 Å².